The first-order chi connectivity index (χ1) is 15.1. The Morgan fingerprint density at radius 1 is 1.19 bits per heavy atom. The van der Waals surface area contributed by atoms with Crippen molar-refractivity contribution < 1.29 is 9.53 Å². The van der Waals surface area contributed by atoms with Crippen LogP contribution in [0.2, 0.25) is 0 Å². The number of aromatic nitrogens is 2. The van der Waals surface area contributed by atoms with Crippen LogP contribution in [0, 0.1) is 5.92 Å². The van der Waals surface area contributed by atoms with Crippen molar-refractivity contribution in [2.24, 2.45) is 5.92 Å². The van der Waals surface area contributed by atoms with Gasteiger partial charge in [0, 0.05) is 37.0 Å². The van der Waals surface area contributed by atoms with E-state index in [0.29, 0.717) is 6.42 Å². The molecule has 1 fully saturated rings. The van der Waals surface area contributed by atoms with Gasteiger partial charge in [-0.1, -0.05) is 42.5 Å². The number of anilines is 1. The predicted molar refractivity (Wildman–Crippen MR) is 124 cm³/mol. The van der Waals surface area contributed by atoms with Crippen molar-refractivity contribution in [1.29, 1.82) is 0 Å². The van der Waals surface area contributed by atoms with Crippen molar-refractivity contribution in [3.05, 3.63) is 71.5 Å². The molecule has 0 aliphatic carbocycles. The Labute approximate surface area is 187 Å². The summed E-state index contributed by atoms with van der Waals surface area (Å²) >= 11 is 1.44. The van der Waals surface area contributed by atoms with E-state index in [1.54, 1.807) is 7.11 Å². The van der Waals surface area contributed by atoms with Crippen molar-refractivity contribution in [2.45, 2.75) is 32.2 Å². The van der Waals surface area contributed by atoms with Crippen LogP contribution in [0.4, 0.5) is 5.13 Å². The number of carbonyl (C=O) groups is 1. The second kappa shape index (κ2) is 9.92. The fourth-order valence-electron chi connectivity index (χ4n) is 3.90. The maximum atomic E-state index is 12.7. The maximum Gasteiger partial charge on any atom is 0.223 e. The number of nitrogens with one attached hydrogen (secondary N) is 1. The number of nitrogens with zero attached hydrogens (tertiary/aromatic N) is 3. The molecule has 1 aliphatic heterocycles. The van der Waals surface area contributed by atoms with Gasteiger partial charge in [0.1, 0.15) is 11.6 Å². The summed E-state index contributed by atoms with van der Waals surface area (Å²) in [5.41, 5.74) is 2.26. The Balaban J connectivity index is 1.29. The summed E-state index contributed by atoms with van der Waals surface area (Å²) in [6, 6.07) is 18.1. The average Bonchev–Trinajstić information content (AvgIpc) is 3.28. The minimum Gasteiger partial charge on any atom is -0.497 e. The zero-order valence-electron chi connectivity index (χ0n) is 18.0. The minimum atomic E-state index is 0.0223. The van der Waals surface area contributed by atoms with Gasteiger partial charge in [0.15, 0.2) is 0 Å². The monoisotopic (exact) mass is 436 g/mol. The number of amides is 1. The highest BCUT2D eigenvalue weighted by atomic mass is 32.1. The van der Waals surface area contributed by atoms with Crippen molar-refractivity contribution >= 4 is 22.6 Å². The Morgan fingerprint density at radius 2 is 1.97 bits per heavy atom. The third kappa shape index (κ3) is 5.41. The van der Waals surface area contributed by atoms with Crippen LogP contribution in [-0.2, 0) is 11.2 Å². The van der Waals surface area contributed by atoms with Crippen LogP contribution in [0.3, 0.4) is 0 Å². The van der Waals surface area contributed by atoms with E-state index in [1.807, 2.05) is 55.5 Å². The van der Waals surface area contributed by atoms with Crippen LogP contribution in [0.25, 0.3) is 0 Å². The SMILES string of the molecule is COc1cccc(Cc2nsc(N3CCC(C(=O)NC(C)c4ccccc4)CC3)n2)c1. The number of ether oxygens (including phenoxy) is 1. The summed E-state index contributed by atoms with van der Waals surface area (Å²) in [6.45, 7) is 3.69. The molecule has 1 saturated heterocycles. The molecule has 2 aromatic carbocycles. The quantitative estimate of drug-likeness (QED) is 0.600. The van der Waals surface area contributed by atoms with Gasteiger partial charge in [0.25, 0.3) is 0 Å². The zero-order chi connectivity index (χ0) is 21.6. The van der Waals surface area contributed by atoms with Gasteiger partial charge in [0.05, 0.1) is 13.2 Å². The first-order valence-corrected chi connectivity index (χ1v) is 11.5. The molecule has 0 radical (unpaired) electrons. The van der Waals surface area contributed by atoms with Crippen LogP contribution in [0.15, 0.2) is 54.6 Å². The van der Waals surface area contributed by atoms with E-state index in [1.165, 1.54) is 11.5 Å². The van der Waals surface area contributed by atoms with E-state index in [-0.39, 0.29) is 17.9 Å². The summed E-state index contributed by atoms with van der Waals surface area (Å²) in [5.74, 6) is 1.86. The largest absolute Gasteiger partial charge is 0.497 e. The molecule has 6 nitrogen and oxygen atoms in total. The Kier molecular flexibility index (Phi) is 6.82. The molecule has 162 valence electrons. The lowest BCUT2D eigenvalue weighted by molar-refractivity contribution is -0.126. The number of piperidine rings is 1. The van der Waals surface area contributed by atoms with Gasteiger partial charge in [-0.25, -0.2) is 4.98 Å². The summed E-state index contributed by atoms with van der Waals surface area (Å²) < 4.78 is 9.83. The summed E-state index contributed by atoms with van der Waals surface area (Å²) in [6.07, 6.45) is 2.35. The molecule has 1 aromatic heterocycles. The van der Waals surface area contributed by atoms with Gasteiger partial charge in [-0.2, -0.15) is 4.37 Å². The summed E-state index contributed by atoms with van der Waals surface area (Å²) in [4.78, 5) is 19.7. The molecule has 1 aliphatic rings. The third-order valence-electron chi connectivity index (χ3n) is 5.75. The highest BCUT2D eigenvalue weighted by molar-refractivity contribution is 7.09. The predicted octanol–water partition coefficient (Wildman–Crippen LogP) is 4.23. The Hall–Kier alpha value is -2.93. The smallest absolute Gasteiger partial charge is 0.223 e. The highest BCUT2D eigenvalue weighted by Crippen LogP contribution is 2.26. The fraction of sp³-hybridized carbons (Fsp3) is 0.375. The molecule has 7 heteroatoms. The lowest BCUT2D eigenvalue weighted by atomic mass is 9.95. The normalized spacial score (nSPS) is 15.5. The van der Waals surface area contributed by atoms with Gasteiger partial charge in [-0.3, -0.25) is 4.79 Å². The van der Waals surface area contributed by atoms with Crippen LogP contribution in [0.5, 0.6) is 5.75 Å². The molecule has 0 spiro atoms. The number of hydrogen-bond donors (Lipinski definition) is 1. The molecule has 2 heterocycles. The van der Waals surface area contributed by atoms with E-state index >= 15 is 0 Å². The molecule has 0 saturated carbocycles. The molecule has 3 aromatic rings. The molecule has 1 unspecified atom stereocenters. The summed E-state index contributed by atoms with van der Waals surface area (Å²) in [5, 5.41) is 4.11. The van der Waals surface area contributed by atoms with Crippen LogP contribution >= 0.6 is 11.5 Å². The van der Waals surface area contributed by atoms with Gasteiger partial charge in [-0.05, 0) is 43.0 Å². The van der Waals surface area contributed by atoms with Crippen molar-refractivity contribution in [3.8, 4) is 5.75 Å². The number of hydrogen-bond acceptors (Lipinski definition) is 6. The first kappa shape index (κ1) is 21.3. The van der Waals surface area contributed by atoms with Gasteiger partial charge < -0.3 is 15.0 Å². The summed E-state index contributed by atoms with van der Waals surface area (Å²) in [7, 11) is 1.67. The van der Waals surface area contributed by atoms with Gasteiger partial charge in [-0.15, -0.1) is 0 Å². The molecule has 1 atom stereocenters. The number of benzene rings is 2. The van der Waals surface area contributed by atoms with E-state index in [0.717, 1.165) is 53.8 Å². The number of carbonyl (C=O) groups excluding carboxylic acids is 1. The molecule has 0 bridgehead atoms. The first-order valence-electron chi connectivity index (χ1n) is 10.7. The molecular weight excluding hydrogens is 408 g/mol. The standard InChI is InChI=1S/C24H28N4O2S/c1-17(19-8-4-3-5-9-19)25-23(29)20-11-13-28(14-12-20)24-26-22(27-31-24)16-18-7-6-10-21(15-18)30-2/h3-10,15,17,20H,11-14,16H2,1-2H3,(H,25,29). The van der Waals surface area contributed by atoms with Gasteiger partial charge >= 0.3 is 0 Å². The molecule has 4 rings (SSSR count). The number of methoxy groups -OCH3 is 1. The third-order valence-corrected chi connectivity index (χ3v) is 6.56. The molecular formula is C24H28N4O2S. The fourth-order valence-corrected chi connectivity index (χ4v) is 4.64. The minimum absolute atomic E-state index is 0.0223. The second-order valence-electron chi connectivity index (χ2n) is 7.92. The van der Waals surface area contributed by atoms with Crippen molar-refractivity contribution in [2.75, 3.05) is 25.1 Å². The maximum absolute atomic E-state index is 12.7. The second-order valence-corrected chi connectivity index (χ2v) is 8.65. The topological polar surface area (TPSA) is 67.3 Å². The zero-order valence-corrected chi connectivity index (χ0v) is 18.8. The Morgan fingerprint density at radius 3 is 2.71 bits per heavy atom. The lowest BCUT2D eigenvalue weighted by Gasteiger charge is -2.31. The van der Waals surface area contributed by atoms with Crippen LogP contribution in [-0.4, -0.2) is 35.5 Å². The lowest BCUT2D eigenvalue weighted by Crippen LogP contribution is -2.41. The molecule has 1 N–H and O–H groups in total. The van der Waals surface area contributed by atoms with E-state index in [4.69, 9.17) is 9.72 Å². The number of rotatable bonds is 7. The van der Waals surface area contributed by atoms with Crippen LogP contribution in [0.1, 0.15) is 42.8 Å². The van der Waals surface area contributed by atoms with Crippen molar-refractivity contribution in [3.63, 3.8) is 0 Å². The van der Waals surface area contributed by atoms with Crippen molar-refractivity contribution in [1.82, 2.24) is 14.7 Å². The average molecular weight is 437 g/mol. The van der Waals surface area contributed by atoms with E-state index in [2.05, 4.69) is 20.7 Å². The molecule has 1 amide bonds. The Bertz CT molecular complexity index is 1000. The van der Waals surface area contributed by atoms with E-state index < -0.39 is 0 Å². The van der Waals surface area contributed by atoms with E-state index in [9.17, 15) is 4.79 Å². The molecule has 31 heavy (non-hydrogen) atoms. The van der Waals surface area contributed by atoms with Crippen LogP contribution < -0.4 is 15.0 Å². The highest BCUT2D eigenvalue weighted by Gasteiger charge is 2.27. The van der Waals surface area contributed by atoms with Gasteiger partial charge in [0.2, 0.25) is 11.0 Å².